The Morgan fingerprint density at radius 3 is 2.83 bits per heavy atom. The standard InChI is InChI=1S/C11H18BrN3S2.HI/c1-3-13-11(14-4-5-16-2)15-7-10-6-9(12)8-17-10;/h6,8H,3-5,7H2,1-2H3,(H2,13,14,15);1H. The fraction of sp³-hybridized carbons (Fsp3) is 0.545. The zero-order valence-electron chi connectivity index (χ0n) is 10.5. The number of guanidine groups is 1. The van der Waals surface area contributed by atoms with Gasteiger partial charge >= 0.3 is 0 Å². The van der Waals surface area contributed by atoms with E-state index in [9.17, 15) is 0 Å². The molecule has 7 heteroatoms. The van der Waals surface area contributed by atoms with Gasteiger partial charge in [0, 0.05) is 33.6 Å². The van der Waals surface area contributed by atoms with Crippen molar-refractivity contribution in [2.24, 2.45) is 4.99 Å². The third-order valence-corrected chi connectivity index (χ3v) is 4.25. The number of rotatable bonds is 6. The van der Waals surface area contributed by atoms with Gasteiger partial charge in [0.05, 0.1) is 6.54 Å². The zero-order chi connectivity index (χ0) is 12.5. The summed E-state index contributed by atoms with van der Waals surface area (Å²) in [5, 5.41) is 8.63. The van der Waals surface area contributed by atoms with E-state index in [4.69, 9.17) is 0 Å². The van der Waals surface area contributed by atoms with Gasteiger partial charge in [-0.15, -0.1) is 35.3 Å². The fourth-order valence-electron chi connectivity index (χ4n) is 1.21. The predicted octanol–water partition coefficient (Wildman–Crippen LogP) is 3.55. The molecule has 0 aliphatic carbocycles. The van der Waals surface area contributed by atoms with E-state index in [0.717, 1.165) is 35.8 Å². The first-order valence-electron chi connectivity index (χ1n) is 5.50. The topological polar surface area (TPSA) is 36.4 Å². The van der Waals surface area contributed by atoms with E-state index in [0.29, 0.717) is 0 Å². The van der Waals surface area contributed by atoms with Crippen LogP contribution < -0.4 is 10.6 Å². The molecule has 1 aromatic rings. The molecule has 0 radical (unpaired) electrons. The number of nitrogens with one attached hydrogen (secondary N) is 2. The van der Waals surface area contributed by atoms with Crippen molar-refractivity contribution >= 4 is 69.0 Å². The molecule has 0 aliphatic heterocycles. The second kappa shape index (κ2) is 11.4. The Labute approximate surface area is 143 Å². The first kappa shape index (κ1) is 18.5. The van der Waals surface area contributed by atoms with E-state index >= 15 is 0 Å². The molecule has 0 spiro atoms. The molecule has 0 aliphatic rings. The van der Waals surface area contributed by atoms with Gasteiger partial charge in [-0.2, -0.15) is 11.8 Å². The lowest BCUT2D eigenvalue weighted by Crippen LogP contribution is -2.38. The van der Waals surface area contributed by atoms with E-state index in [2.05, 4.69) is 56.2 Å². The van der Waals surface area contributed by atoms with Crippen LogP contribution in [0.15, 0.2) is 20.9 Å². The van der Waals surface area contributed by atoms with E-state index in [-0.39, 0.29) is 24.0 Å². The Kier molecular flexibility index (Phi) is 11.7. The normalized spacial score (nSPS) is 10.9. The highest BCUT2D eigenvalue weighted by Crippen LogP contribution is 2.20. The van der Waals surface area contributed by atoms with Gasteiger partial charge in [-0.25, -0.2) is 4.99 Å². The van der Waals surface area contributed by atoms with E-state index < -0.39 is 0 Å². The van der Waals surface area contributed by atoms with Gasteiger partial charge in [0.15, 0.2) is 5.96 Å². The van der Waals surface area contributed by atoms with Gasteiger partial charge in [0.2, 0.25) is 0 Å². The van der Waals surface area contributed by atoms with Crippen LogP contribution in [0.2, 0.25) is 0 Å². The van der Waals surface area contributed by atoms with E-state index in [1.807, 2.05) is 11.8 Å². The molecule has 0 saturated carbocycles. The zero-order valence-corrected chi connectivity index (χ0v) is 16.1. The number of nitrogens with zero attached hydrogens (tertiary/aromatic N) is 1. The first-order valence-corrected chi connectivity index (χ1v) is 8.57. The Bertz CT molecular complexity index is 358. The van der Waals surface area contributed by atoms with Crippen molar-refractivity contribution in [3.05, 3.63) is 20.8 Å². The number of thioether (sulfide) groups is 1. The highest BCUT2D eigenvalue weighted by atomic mass is 127. The van der Waals surface area contributed by atoms with Crippen LogP contribution in [0.5, 0.6) is 0 Å². The SMILES string of the molecule is CCNC(=NCc1cc(Br)cs1)NCCSC.I. The maximum atomic E-state index is 4.54. The van der Waals surface area contributed by atoms with Gasteiger partial charge in [-0.05, 0) is 35.2 Å². The smallest absolute Gasteiger partial charge is 0.191 e. The van der Waals surface area contributed by atoms with Gasteiger partial charge in [-0.3, -0.25) is 0 Å². The highest BCUT2D eigenvalue weighted by Gasteiger charge is 1.99. The number of aliphatic imine (C=N–C) groups is 1. The Hall–Kier alpha value is 0.530. The maximum Gasteiger partial charge on any atom is 0.191 e. The van der Waals surface area contributed by atoms with Crippen molar-refractivity contribution < 1.29 is 0 Å². The number of hydrogen-bond acceptors (Lipinski definition) is 3. The monoisotopic (exact) mass is 463 g/mol. The van der Waals surface area contributed by atoms with Crippen molar-refractivity contribution in [2.45, 2.75) is 13.5 Å². The highest BCUT2D eigenvalue weighted by molar-refractivity contribution is 14.0. The lowest BCUT2D eigenvalue weighted by molar-refractivity contribution is 0.845. The molecule has 1 heterocycles. The van der Waals surface area contributed by atoms with Gasteiger partial charge in [0.25, 0.3) is 0 Å². The summed E-state index contributed by atoms with van der Waals surface area (Å²) in [5.74, 6) is 1.99. The minimum absolute atomic E-state index is 0. The second-order valence-corrected chi connectivity index (χ2v) is 6.24. The molecule has 0 unspecified atom stereocenters. The third kappa shape index (κ3) is 7.85. The quantitative estimate of drug-likeness (QED) is 0.293. The summed E-state index contributed by atoms with van der Waals surface area (Å²) in [6, 6.07) is 2.11. The van der Waals surface area contributed by atoms with Crippen LogP contribution in [-0.4, -0.2) is 31.1 Å². The maximum absolute atomic E-state index is 4.54. The van der Waals surface area contributed by atoms with Gasteiger partial charge in [0.1, 0.15) is 0 Å². The van der Waals surface area contributed by atoms with Crippen LogP contribution in [-0.2, 0) is 6.54 Å². The van der Waals surface area contributed by atoms with Crippen LogP contribution in [0.3, 0.4) is 0 Å². The second-order valence-electron chi connectivity index (χ2n) is 3.35. The predicted molar refractivity (Wildman–Crippen MR) is 98.6 cm³/mol. The molecular formula is C11H19BrIN3S2. The first-order chi connectivity index (χ1) is 8.26. The Morgan fingerprint density at radius 2 is 2.28 bits per heavy atom. The molecule has 0 atom stereocenters. The third-order valence-electron chi connectivity index (χ3n) is 1.96. The lowest BCUT2D eigenvalue weighted by Gasteiger charge is -2.10. The molecule has 0 amide bonds. The van der Waals surface area contributed by atoms with Crippen molar-refractivity contribution in [2.75, 3.05) is 25.1 Å². The number of halogens is 2. The van der Waals surface area contributed by atoms with E-state index in [1.165, 1.54) is 4.88 Å². The molecule has 0 saturated heterocycles. The fourth-order valence-corrected chi connectivity index (χ4v) is 2.89. The van der Waals surface area contributed by atoms with Crippen molar-refractivity contribution in [3.63, 3.8) is 0 Å². The van der Waals surface area contributed by atoms with Crippen molar-refractivity contribution in [3.8, 4) is 0 Å². The molecule has 3 nitrogen and oxygen atoms in total. The van der Waals surface area contributed by atoms with E-state index in [1.54, 1.807) is 11.3 Å². The van der Waals surface area contributed by atoms with Crippen LogP contribution in [0, 0.1) is 0 Å². The van der Waals surface area contributed by atoms with Crippen LogP contribution in [0.25, 0.3) is 0 Å². The summed E-state index contributed by atoms with van der Waals surface area (Å²) in [7, 11) is 0. The Balaban J connectivity index is 0.00000289. The van der Waals surface area contributed by atoms with Crippen LogP contribution >= 0.6 is 63.0 Å². The molecule has 1 aromatic heterocycles. The number of thiophene rings is 1. The molecule has 2 N–H and O–H groups in total. The Morgan fingerprint density at radius 1 is 1.50 bits per heavy atom. The van der Waals surface area contributed by atoms with Crippen molar-refractivity contribution in [1.82, 2.24) is 10.6 Å². The molecule has 0 bridgehead atoms. The molecule has 104 valence electrons. The molecule has 0 fully saturated rings. The van der Waals surface area contributed by atoms with Crippen molar-refractivity contribution in [1.29, 1.82) is 0 Å². The largest absolute Gasteiger partial charge is 0.357 e. The summed E-state index contributed by atoms with van der Waals surface area (Å²) in [6.07, 6.45) is 2.11. The lowest BCUT2D eigenvalue weighted by atomic mass is 10.5. The average Bonchev–Trinajstić information content (AvgIpc) is 2.72. The molecule has 0 aromatic carbocycles. The van der Waals surface area contributed by atoms with Gasteiger partial charge in [-0.1, -0.05) is 0 Å². The molecular weight excluding hydrogens is 445 g/mol. The summed E-state index contributed by atoms with van der Waals surface area (Å²) in [6.45, 7) is 4.64. The van der Waals surface area contributed by atoms with Crippen LogP contribution in [0.1, 0.15) is 11.8 Å². The minimum Gasteiger partial charge on any atom is -0.357 e. The van der Waals surface area contributed by atoms with Gasteiger partial charge < -0.3 is 10.6 Å². The number of hydrogen-bond donors (Lipinski definition) is 2. The van der Waals surface area contributed by atoms with Crippen LogP contribution in [0.4, 0.5) is 0 Å². The summed E-state index contributed by atoms with van der Waals surface area (Å²) in [4.78, 5) is 5.81. The summed E-state index contributed by atoms with van der Waals surface area (Å²) in [5.41, 5.74) is 0. The average molecular weight is 464 g/mol. The molecule has 18 heavy (non-hydrogen) atoms. The molecule has 1 rings (SSSR count). The summed E-state index contributed by atoms with van der Waals surface area (Å²) < 4.78 is 1.13. The summed E-state index contributed by atoms with van der Waals surface area (Å²) >= 11 is 7.00. The minimum atomic E-state index is 0.